The van der Waals surface area contributed by atoms with Crippen molar-refractivity contribution in [1.29, 1.82) is 0 Å². The van der Waals surface area contributed by atoms with Crippen molar-refractivity contribution in [1.82, 2.24) is 9.88 Å². The standard InChI is InChI=1S/C20H29N3O3/c1-13-8-9-22-20-19(13)14-4-6-15(7-5-14)25-11-17-16(21)3-2-10-23(17)18(24)12-26-20/h8-9,14-17H,2-7,10-12,21H2,1H3/t14?,15?,16-,17-/m0/s1. The van der Waals surface area contributed by atoms with Gasteiger partial charge in [-0.25, -0.2) is 4.98 Å². The summed E-state index contributed by atoms with van der Waals surface area (Å²) in [6.07, 6.45) is 8.12. The van der Waals surface area contributed by atoms with Gasteiger partial charge in [0.25, 0.3) is 5.91 Å². The molecule has 0 radical (unpaired) electrons. The number of rotatable bonds is 0. The van der Waals surface area contributed by atoms with E-state index in [-0.39, 0.29) is 30.7 Å². The van der Waals surface area contributed by atoms with E-state index in [1.807, 2.05) is 11.0 Å². The van der Waals surface area contributed by atoms with Crippen LogP contribution >= 0.6 is 0 Å². The largest absolute Gasteiger partial charge is 0.467 e. The zero-order chi connectivity index (χ0) is 18.1. The number of pyridine rings is 1. The molecule has 1 amide bonds. The molecule has 1 aromatic rings. The van der Waals surface area contributed by atoms with Crippen molar-refractivity contribution in [2.75, 3.05) is 19.8 Å². The summed E-state index contributed by atoms with van der Waals surface area (Å²) in [5.41, 5.74) is 8.69. The highest BCUT2D eigenvalue weighted by molar-refractivity contribution is 5.78. The number of aryl methyl sites for hydroxylation is 1. The maximum Gasteiger partial charge on any atom is 0.260 e. The van der Waals surface area contributed by atoms with Crippen molar-refractivity contribution >= 4 is 5.91 Å². The second-order valence-corrected chi connectivity index (χ2v) is 7.90. The Morgan fingerprint density at radius 1 is 1.23 bits per heavy atom. The fourth-order valence-electron chi connectivity index (χ4n) is 4.73. The van der Waals surface area contributed by atoms with Crippen LogP contribution in [0.2, 0.25) is 0 Å². The van der Waals surface area contributed by atoms with E-state index in [4.69, 9.17) is 15.2 Å². The molecule has 5 rings (SSSR count). The van der Waals surface area contributed by atoms with Gasteiger partial charge >= 0.3 is 0 Å². The van der Waals surface area contributed by atoms with Crippen molar-refractivity contribution in [3.05, 3.63) is 23.4 Å². The summed E-state index contributed by atoms with van der Waals surface area (Å²) in [6, 6.07) is 1.95. The van der Waals surface area contributed by atoms with Crippen LogP contribution in [0.15, 0.2) is 12.3 Å². The van der Waals surface area contributed by atoms with Gasteiger partial charge in [-0.2, -0.15) is 0 Å². The Morgan fingerprint density at radius 2 is 2.04 bits per heavy atom. The van der Waals surface area contributed by atoms with E-state index >= 15 is 0 Å². The molecule has 142 valence electrons. The molecule has 1 aliphatic carbocycles. The zero-order valence-corrected chi connectivity index (χ0v) is 15.5. The molecule has 26 heavy (non-hydrogen) atoms. The number of fused-ring (bicyclic) bond motifs is 5. The van der Waals surface area contributed by atoms with Crippen LogP contribution in [0.25, 0.3) is 0 Å². The van der Waals surface area contributed by atoms with Gasteiger partial charge in [-0.15, -0.1) is 0 Å². The Morgan fingerprint density at radius 3 is 2.85 bits per heavy atom. The molecule has 1 saturated carbocycles. The third kappa shape index (κ3) is 3.45. The second kappa shape index (κ2) is 7.53. The number of carbonyl (C=O) groups excluding carboxylic acids is 1. The minimum Gasteiger partial charge on any atom is -0.467 e. The van der Waals surface area contributed by atoms with Crippen molar-refractivity contribution < 1.29 is 14.3 Å². The number of nitrogens with zero attached hydrogens (tertiary/aromatic N) is 2. The van der Waals surface area contributed by atoms with E-state index in [2.05, 4.69) is 11.9 Å². The van der Waals surface area contributed by atoms with Gasteiger partial charge in [0.15, 0.2) is 6.61 Å². The molecule has 2 atom stereocenters. The molecular weight excluding hydrogens is 330 g/mol. The number of nitrogens with two attached hydrogens (primary N) is 1. The second-order valence-electron chi connectivity index (χ2n) is 7.90. The van der Waals surface area contributed by atoms with Crippen molar-refractivity contribution in [3.63, 3.8) is 0 Å². The first-order valence-corrected chi connectivity index (χ1v) is 9.88. The topological polar surface area (TPSA) is 77.7 Å². The molecular formula is C20H29N3O3. The summed E-state index contributed by atoms with van der Waals surface area (Å²) in [5, 5.41) is 0. The van der Waals surface area contributed by atoms with Crippen LogP contribution in [0.5, 0.6) is 5.88 Å². The third-order valence-electron chi connectivity index (χ3n) is 6.24. The Kier molecular flexibility index (Phi) is 5.14. The molecule has 1 aromatic heterocycles. The Hall–Kier alpha value is -1.66. The number of carbonyl (C=O) groups is 1. The van der Waals surface area contributed by atoms with E-state index in [1.54, 1.807) is 6.20 Å². The van der Waals surface area contributed by atoms with Crippen LogP contribution in [0, 0.1) is 6.92 Å². The molecule has 0 aromatic carbocycles. The Balaban J connectivity index is 1.64. The molecule has 2 bridgehead atoms. The maximum absolute atomic E-state index is 12.8. The van der Waals surface area contributed by atoms with Gasteiger partial charge in [0, 0.05) is 24.3 Å². The molecule has 6 nitrogen and oxygen atoms in total. The van der Waals surface area contributed by atoms with Crippen LogP contribution in [0.3, 0.4) is 0 Å². The highest BCUT2D eigenvalue weighted by Gasteiger charge is 2.35. The highest BCUT2D eigenvalue weighted by Crippen LogP contribution is 2.39. The monoisotopic (exact) mass is 359 g/mol. The fourth-order valence-corrected chi connectivity index (χ4v) is 4.73. The number of hydrogen-bond donors (Lipinski definition) is 1. The van der Waals surface area contributed by atoms with Crippen LogP contribution in [0.4, 0.5) is 0 Å². The van der Waals surface area contributed by atoms with E-state index in [0.717, 1.165) is 45.1 Å². The van der Waals surface area contributed by atoms with Gasteiger partial charge in [0.2, 0.25) is 5.88 Å². The summed E-state index contributed by atoms with van der Waals surface area (Å²) in [4.78, 5) is 19.2. The van der Waals surface area contributed by atoms with Gasteiger partial charge in [-0.05, 0) is 63.0 Å². The molecule has 4 aliphatic rings. The predicted octanol–water partition coefficient (Wildman–Crippen LogP) is 2.14. The zero-order valence-electron chi connectivity index (χ0n) is 15.5. The van der Waals surface area contributed by atoms with Crippen LogP contribution in [0.1, 0.15) is 55.6 Å². The molecule has 4 heterocycles. The van der Waals surface area contributed by atoms with Gasteiger partial charge in [-0.1, -0.05) is 0 Å². The fraction of sp³-hybridized carbons (Fsp3) is 0.700. The quantitative estimate of drug-likeness (QED) is 0.768. The van der Waals surface area contributed by atoms with Crippen molar-refractivity contribution in [2.24, 2.45) is 5.73 Å². The van der Waals surface area contributed by atoms with Crippen LogP contribution in [-0.4, -0.2) is 53.7 Å². The number of amides is 1. The summed E-state index contributed by atoms with van der Waals surface area (Å²) in [7, 11) is 0. The number of aromatic nitrogens is 1. The van der Waals surface area contributed by atoms with Gasteiger partial charge in [0.1, 0.15) is 0 Å². The van der Waals surface area contributed by atoms with E-state index in [0.29, 0.717) is 18.4 Å². The SMILES string of the molecule is Cc1ccnc2c1C1CCC(CC1)OC[C@H]1[C@@H](N)CCCN1C(=O)CO2. The number of hydrogen-bond acceptors (Lipinski definition) is 5. The maximum atomic E-state index is 12.8. The van der Waals surface area contributed by atoms with Gasteiger partial charge in [-0.3, -0.25) is 4.79 Å². The number of piperidine rings is 1. The summed E-state index contributed by atoms with van der Waals surface area (Å²) >= 11 is 0. The third-order valence-corrected chi connectivity index (χ3v) is 6.24. The highest BCUT2D eigenvalue weighted by atomic mass is 16.5. The summed E-state index contributed by atoms with van der Waals surface area (Å²) in [6.45, 7) is 3.38. The first-order valence-electron chi connectivity index (χ1n) is 9.88. The van der Waals surface area contributed by atoms with Gasteiger partial charge < -0.3 is 20.1 Å². The van der Waals surface area contributed by atoms with E-state index < -0.39 is 0 Å². The van der Waals surface area contributed by atoms with Gasteiger partial charge in [0.05, 0.1) is 18.8 Å². The molecule has 2 N–H and O–H groups in total. The van der Waals surface area contributed by atoms with Crippen LogP contribution in [-0.2, 0) is 9.53 Å². The minimum atomic E-state index is -0.0525. The molecule has 6 heteroatoms. The average molecular weight is 359 g/mol. The van der Waals surface area contributed by atoms with E-state index in [9.17, 15) is 4.79 Å². The summed E-state index contributed by atoms with van der Waals surface area (Å²) < 4.78 is 12.2. The lowest BCUT2D eigenvalue weighted by atomic mass is 9.81. The average Bonchev–Trinajstić information content (AvgIpc) is 2.66. The Bertz CT molecular complexity index is 658. The van der Waals surface area contributed by atoms with E-state index in [1.165, 1.54) is 11.1 Å². The van der Waals surface area contributed by atoms with Crippen molar-refractivity contribution in [3.8, 4) is 5.88 Å². The predicted molar refractivity (Wildman–Crippen MR) is 98.1 cm³/mol. The first-order chi connectivity index (χ1) is 12.6. The minimum absolute atomic E-state index is 0.0167. The molecule has 0 spiro atoms. The molecule has 0 unspecified atom stereocenters. The smallest absolute Gasteiger partial charge is 0.260 e. The summed E-state index contributed by atoms with van der Waals surface area (Å²) in [5.74, 6) is 1.04. The van der Waals surface area contributed by atoms with Crippen LogP contribution < -0.4 is 10.5 Å². The lowest BCUT2D eigenvalue weighted by Crippen LogP contribution is -2.57. The normalized spacial score (nSPS) is 32.5. The van der Waals surface area contributed by atoms with Crippen molar-refractivity contribution in [2.45, 2.75) is 69.6 Å². The molecule has 1 saturated heterocycles. The first kappa shape index (κ1) is 17.7. The Labute approximate surface area is 155 Å². The number of ether oxygens (including phenoxy) is 2. The molecule has 3 aliphatic heterocycles. The lowest BCUT2D eigenvalue weighted by molar-refractivity contribution is -0.140. The lowest BCUT2D eigenvalue weighted by Gasteiger charge is -2.40. The molecule has 2 fully saturated rings.